The normalized spacial score (nSPS) is 22.2. The fraction of sp³-hybridized carbons (Fsp3) is 0.364. The predicted octanol–water partition coefficient (Wildman–Crippen LogP) is 2.06. The Balaban J connectivity index is 2.23. The molecule has 0 radical (unpaired) electrons. The molecule has 2 aromatic carbocycles. The van der Waals surface area contributed by atoms with Gasteiger partial charge in [-0.05, 0) is 18.6 Å². The fourth-order valence-electron chi connectivity index (χ4n) is 4.06. The Kier molecular flexibility index (Phi) is 7.13. The van der Waals surface area contributed by atoms with Gasteiger partial charge in [0.2, 0.25) is 12.2 Å². The van der Waals surface area contributed by atoms with Crippen molar-refractivity contribution < 1.29 is 24.2 Å². The van der Waals surface area contributed by atoms with Crippen molar-refractivity contribution in [1.82, 2.24) is 4.90 Å². The van der Waals surface area contributed by atoms with Gasteiger partial charge in [-0.25, -0.2) is 0 Å². The first-order chi connectivity index (χ1) is 15.8. The Hall–Kier alpha value is -3.72. The molecule has 174 valence electrons. The lowest BCUT2D eigenvalue weighted by Gasteiger charge is -2.49. The van der Waals surface area contributed by atoms with Gasteiger partial charge in [-0.3, -0.25) is 10.1 Å². The van der Waals surface area contributed by atoms with E-state index in [1.54, 1.807) is 13.1 Å². The molecule has 11 nitrogen and oxygen atoms in total. The Morgan fingerprint density at radius 1 is 1.36 bits per heavy atom. The number of rotatable bonds is 7. The topological polar surface area (TPSA) is 156 Å². The molecule has 3 rings (SSSR count). The molecular weight excluding hydrogens is 430 g/mol. The molecule has 1 heterocycles. The summed E-state index contributed by atoms with van der Waals surface area (Å²) in [6.45, 7) is 1.76. The number of hydrogen-bond acceptors (Lipinski definition) is 8. The van der Waals surface area contributed by atoms with E-state index in [2.05, 4.69) is 4.99 Å². The predicted molar refractivity (Wildman–Crippen MR) is 118 cm³/mol. The second-order valence-electron chi connectivity index (χ2n) is 7.64. The SMILES string of the molecule is COC(OC)[C@@]1(C)Oc2ccc([N+](=O)[O-])cc2[C@@H](N(Cc2ccccc2)C(N)=NC#N)[C@@H]1O. The van der Waals surface area contributed by atoms with Crippen molar-refractivity contribution in [2.24, 2.45) is 10.7 Å². The van der Waals surface area contributed by atoms with Crippen molar-refractivity contribution in [3.05, 3.63) is 69.8 Å². The minimum atomic E-state index is -1.43. The van der Waals surface area contributed by atoms with Gasteiger partial charge in [0.1, 0.15) is 11.9 Å². The van der Waals surface area contributed by atoms with Gasteiger partial charge in [0.05, 0.1) is 11.0 Å². The van der Waals surface area contributed by atoms with Gasteiger partial charge in [-0.2, -0.15) is 5.26 Å². The van der Waals surface area contributed by atoms with Crippen molar-refractivity contribution in [2.45, 2.75) is 37.5 Å². The van der Waals surface area contributed by atoms with Crippen LogP contribution in [-0.2, 0) is 16.0 Å². The van der Waals surface area contributed by atoms with Crippen molar-refractivity contribution in [3.63, 3.8) is 0 Å². The molecule has 2 aromatic rings. The maximum Gasteiger partial charge on any atom is 0.270 e. The number of nitrogens with two attached hydrogens (primary N) is 1. The fourth-order valence-corrected chi connectivity index (χ4v) is 4.06. The van der Waals surface area contributed by atoms with E-state index in [0.29, 0.717) is 5.56 Å². The summed E-state index contributed by atoms with van der Waals surface area (Å²) in [6.07, 6.45) is -0.690. The Labute approximate surface area is 190 Å². The van der Waals surface area contributed by atoms with Crippen LogP contribution in [0.5, 0.6) is 5.75 Å². The lowest BCUT2D eigenvalue weighted by Crippen LogP contribution is -2.63. The molecule has 0 saturated heterocycles. The van der Waals surface area contributed by atoms with Gasteiger partial charge >= 0.3 is 0 Å². The molecule has 0 bridgehead atoms. The molecule has 1 aliphatic heterocycles. The lowest BCUT2D eigenvalue weighted by molar-refractivity contribution is -0.385. The number of nitrogens with zero attached hydrogens (tertiary/aromatic N) is 4. The molecular formula is C22H25N5O6. The molecule has 0 saturated carbocycles. The number of hydrogen-bond donors (Lipinski definition) is 2. The van der Waals surface area contributed by atoms with E-state index < -0.39 is 29.0 Å². The summed E-state index contributed by atoms with van der Waals surface area (Å²) in [5.41, 5.74) is 5.66. The summed E-state index contributed by atoms with van der Waals surface area (Å²) in [5.74, 6) is 0.110. The number of methoxy groups -OCH3 is 2. The molecule has 0 spiro atoms. The Morgan fingerprint density at radius 3 is 2.61 bits per heavy atom. The number of ether oxygens (including phenoxy) is 3. The molecule has 33 heavy (non-hydrogen) atoms. The maximum atomic E-state index is 11.6. The van der Waals surface area contributed by atoms with Crippen molar-refractivity contribution in [1.29, 1.82) is 5.26 Å². The second kappa shape index (κ2) is 9.83. The van der Waals surface area contributed by atoms with Gasteiger partial charge in [-0.15, -0.1) is 4.99 Å². The molecule has 0 unspecified atom stereocenters. The highest BCUT2D eigenvalue weighted by atomic mass is 16.7. The number of aliphatic hydroxyl groups excluding tert-OH is 1. The van der Waals surface area contributed by atoms with E-state index in [1.165, 1.54) is 37.3 Å². The van der Waals surface area contributed by atoms with Crippen molar-refractivity contribution in [2.75, 3.05) is 14.2 Å². The summed E-state index contributed by atoms with van der Waals surface area (Å²) in [6, 6.07) is 12.3. The molecule has 0 amide bonds. The van der Waals surface area contributed by atoms with Crippen LogP contribution in [0.3, 0.4) is 0 Å². The number of non-ortho nitro benzene ring substituents is 1. The van der Waals surface area contributed by atoms with E-state index in [4.69, 9.17) is 25.2 Å². The highest BCUT2D eigenvalue weighted by Crippen LogP contribution is 2.46. The highest BCUT2D eigenvalue weighted by Gasteiger charge is 2.54. The average molecular weight is 455 g/mol. The number of benzene rings is 2. The third-order valence-corrected chi connectivity index (χ3v) is 5.63. The number of fused-ring (bicyclic) bond motifs is 1. The smallest absolute Gasteiger partial charge is 0.270 e. The van der Waals surface area contributed by atoms with E-state index in [-0.39, 0.29) is 23.9 Å². The van der Waals surface area contributed by atoms with Gasteiger partial charge in [0.15, 0.2) is 11.9 Å². The number of nitro benzene ring substituents is 1. The summed E-state index contributed by atoms with van der Waals surface area (Å²) in [4.78, 5) is 16.1. The molecule has 3 N–H and O–H groups in total. The molecule has 1 aliphatic rings. The number of nitriles is 1. The summed E-state index contributed by atoms with van der Waals surface area (Å²) in [7, 11) is 2.81. The second-order valence-corrected chi connectivity index (χ2v) is 7.64. The largest absolute Gasteiger partial charge is 0.479 e. The van der Waals surface area contributed by atoms with E-state index in [1.807, 2.05) is 30.3 Å². The minimum Gasteiger partial charge on any atom is -0.479 e. The number of aliphatic imine (C=N–C) groups is 1. The van der Waals surface area contributed by atoms with Gasteiger partial charge < -0.3 is 30.0 Å². The quantitative estimate of drug-likeness (QED) is 0.159. The first-order valence-electron chi connectivity index (χ1n) is 10.0. The first kappa shape index (κ1) is 23.9. The van der Waals surface area contributed by atoms with Crippen LogP contribution in [0.4, 0.5) is 5.69 Å². The van der Waals surface area contributed by atoms with Gasteiger partial charge in [-0.1, -0.05) is 30.3 Å². The molecule has 0 fully saturated rings. The highest BCUT2D eigenvalue weighted by molar-refractivity contribution is 5.80. The minimum absolute atomic E-state index is 0.155. The van der Waals surface area contributed by atoms with Crippen LogP contribution in [0.15, 0.2) is 53.5 Å². The average Bonchev–Trinajstić information content (AvgIpc) is 2.80. The molecule has 0 aliphatic carbocycles. The van der Waals surface area contributed by atoms with Crippen LogP contribution in [0.25, 0.3) is 0 Å². The zero-order valence-corrected chi connectivity index (χ0v) is 18.4. The number of guanidine groups is 1. The van der Waals surface area contributed by atoms with Crippen LogP contribution in [-0.4, -0.2) is 53.1 Å². The Morgan fingerprint density at radius 2 is 2.03 bits per heavy atom. The van der Waals surface area contributed by atoms with Crippen molar-refractivity contribution in [3.8, 4) is 11.9 Å². The standard InChI is InChI=1S/C22H25N5O6/c1-22(20(31-2)32-3)19(28)18(16-11-15(27(29)30)9-10-17(16)33-22)26(21(24)25-13-23)12-14-7-5-4-6-8-14/h4-11,18-20,28H,12H2,1-3H3,(H2,24,25)/t18-,19+,22+/m1/s1. The number of nitro groups is 1. The molecule has 0 aromatic heterocycles. The number of aliphatic hydroxyl groups is 1. The Bertz CT molecular complexity index is 1070. The first-order valence-corrected chi connectivity index (χ1v) is 10.0. The van der Waals surface area contributed by atoms with Crippen LogP contribution < -0.4 is 10.5 Å². The molecule has 3 atom stereocenters. The molecule has 11 heteroatoms. The van der Waals surface area contributed by atoms with E-state index in [9.17, 15) is 15.2 Å². The zero-order chi connectivity index (χ0) is 24.2. The van der Waals surface area contributed by atoms with E-state index >= 15 is 0 Å². The monoisotopic (exact) mass is 455 g/mol. The van der Waals surface area contributed by atoms with Crippen LogP contribution in [0, 0.1) is 21.6 Å². The summed E-state index contributed by atoms with van der Waals surface area (Å²) in [5, 5.41) is 32.2. The summed E-state index contributed by atoms with van der Waals surface area (Å²) >= 11 is 0. The third kappa shape index (κ3) is 4.58. The third-order valence-electron chi connectivity index (χ3n) is 5.63. The zero-order valence-electron chi connectivity index (χ0n) is 18.4. The lowest BCUT2D eigenvalue weighted by atomic mass is 9.83. The van der Waals surface area contributed by atoms with Gasteiger partial charge in [0.25, 0.3) is 5.69 Å². The van der Waals surface area contributed by atoms with Crippen molar-refractivity contribution >= 4 is 11.6 Å². The van der Waals surface area contributed by atoms with Gasteiger partial charge in [0, 0.05) is 38.5 Å². The van der Waals surface area contributed by atoms with E-state index in [0.717, 1.165) is 5.56 Å². The summed E-state index contributed by atoms with van der Waals surface area (Å²) < 4.78 is 16.9. The van der Waals surface area contributed by atoms with Crippen LogP contribution in [0.1, 0.15) is 24.1 Å². The van der Waals surface area contributed by atoms with Crippen LogP contribution >= 0.6 is 0 Å². The maximum absolute atomic E-state index is 11.6. The van der Waals surface area contributed by atoms with Crippen LogP contribution in [0.2, 0.25) is 0 Å².